The third kappa shape index (κ3) is 4.58. The van der Waals surface area contributed by atoms with E-state index in [2.05, 4.69) is 10.6 Å². The second-order valence-corrected chi connectivity index (χ2v) is 5.65. The number of benzene rings is 2. The van der Waals surface area contributed by atoms with Crippen LogP contribution in [0.5, 0.6) is 23.0 Å². The molecule has 0 unspecified atom stereocenters. The van der Waals surface area contributed by atoms with E-state index in [1.54, 1.807) is 45.6 Å². The minimum Gasteiger partial charge on any atom is -0.495 e. The number of ether oxygens (including phenoxy) is 4. The van der Waals surface area contributed by atoms with Gasteiger partial charge in [0.1, 0.15) is 11.5 Å². The molecule has 0 aliphatic heterocycles. The minimum atomic E-state index is 0.367. The van der Waals surface area contributed by atoms with Gasteiger partial charge in [-0.15, -0.1) is 0 Å². The molecule has 8 heteroatoms. The molecule has 0 aromatic heterocycles. The van der Waals surface area contributed by atoms with Crippen molar-refractivity contribution in [3.8, 4) is 23.0 Å². The first-order valence-electron chi connectivity index (χ1n) is 7.24. The van der Waals surface area contributed by atoms with Crippen LogP contribution in [0.25, 0.3) is 0 Å². The lowest BCUT2D eigenvalue weighted by atomic mass is 10.2. The normalized spacial score (nSPS) is 9.96. The van der Waals surface area contributed by atoms with Crippen LogP contribution in [-0.2, 0) is 0 Å². The Labute approximate surface area is 157 Å². The molecule has 2 aromatic rings. The van der Waals surface area contributed by atoms with Gasteiger partial charge in [-0.25, -0.2) is 0 Å². The van der Waals surface area contributed by atoms with Crippen molar-refractivity contribution in [2.24, 2.45) is 0 Å². The first-order chi connectivity index (χ1) is 12.0. The van der Waals surface area contributed by atoms with Crippen molar-refractivity contribution in [2.45, 2.75) is 0 Å². The van der Waals surface area contributed by atoms with Crippen molar-refractivity contribution < 1.29 is 18.9 Å². The third-order valence-electron chi connectivity index (χ3n) is 3.36. The van der Waals surface area contributed by atoms with E-state index in [0.717, 1.165) is 5.69 Å². The Morgan fingerprint density at radius 2 is 1.44 bits per heavy atom. The molecular weight excluding hydrogens is 364 g/mol. The molecule has 0 saturated carbocycles. The van der Waals surface area contributed by atoms with Crippen molar-refractivity contribution in [3.63, 3.8) is 0 Å². The van der Waals surface area contributed by atoms with Gasteiger partial charge in [0.2, 0.25) is 0 Å². The standard InChI is InChI=1S/C17H19ClN2O4S/c1-21-13-6-5-10(7-16(13)24-4)19-17(25)20-12-8-11(18)14(22-2)9-15(12)23-3/h5-9H,1-4H3,(H2,19,20,25). The van der Waals surface area contributed by atoms with Crippen molar-refractivity contribution in [2.75, 3.05) is 39.1 Å². The number of thiocarbonyl (C=S) groups is 1. The zero-order valence-electron chi connectivity index (χ0n) is 14.3. The van der Waals surface area contributed by atoms with Crippen LogP contribution in [0.3, 0.4) is 0 Å². The van der Waals surface area contributed by atoms with Gasteiger partial charge < -0.3 is 29.6 Å². The molecule has 0 radical (unpaired) electrons. The molecule has 0 fully saturated rings. The van der Waals surface area contributed by atoms with E-state index in [0.29, 0.717) is 38.8 Å². The molecule has 0 aliphatic rings. The molecule has 2 N–H and O–H groups in total. The average molecular weight is 383 g/mol. The molecule has 25 heavy (non-hydrogen) atoms. The Bertz CT molecular complexity index is 771. The monoisotopic (exact) mass is 382 g/mol. The summed E-state index contributed by atoms with van der Waals surface area (Å²) in [7, 11) is 6.24. The molecule has 0 bridgehead atoms. The highest BCUT2D eigenvalue weighted by Crippen LogP contribution is 2.36. The molecule has 0 saturated heterocycles. The van der Waals surface area contributed by atoms with Crippen LogP contribution >= 0.6 is 23.8 Å². The van der Waals surface area contributed by atoms with Crippen molar-refractivity contribution >= 4 is 40.3 Å². The van der Waals surface area contributed by atoms with Gasteiger partial charge in [0.15, 0.2) is 16.6 Å². The maximum atomic E-state index is 6.16. The Hall–Kier alpha value is -2.38. The first-order valence-corrected chi connectivity index (χ1v) is 8.02. The summed E-state index contributed by atoms with van der Waals surface area (Å²) < 4.78 is 21.0. The molecule has 0 amide bonds. The molecule has 0 aliphatic carbocycles. The quantitative estimate of drug-likeness (QED) is 0.726. The maximum Gasteiger partial charge on any atom is 0.175 e. The first kappa shape index (κ1) is 19.0. The van der Waals surface area contributed by atoms with Gasteiger partial charge in [0.25, 0.3) is 0 Å². The predicted molar refractivity (Wildman–Crippen MR) is 104 cm³/mol. The maximum absolute atomic E-state index is 6.16. The highest BCUT2D eigenvalue weighted by Gasteiger charge is 2.12. The Kier molecular flexibility index (Phi) is 6.55. The molecule has 0 spiro atoms. The summed E-state index contributed by atoms with van der Waals surface area (Å²) in [5.74, 6) is 2.30. The molecule has 6 nitrogen and oxygen atoms in total. The lowest BCUT2D eigenvalue weighted by Crippen LogP contribution is -2.19. The van der Waals surface area contributed by atoms with Gasteiger partial charge in [-0.2, -0.15) is 0 Å². The highest BCUT2D eigenvalue weighted by molar-refractivity contribution is 7.80. The van der Waals surface area contributed by atoms with E-state index in [1.807, 2.05) is 6.07 Å². The molecule has 0 heterocycles. The second kappa shape index (κ2) is 8.64. The van der Waals surface area contributed by atoms with Gasteiger partial charge >= 0.3 is 0 Å². The van der Waals surface area contributed by atoms with Crippen molar-refractivity contribution in [3.05, 3.63) is 35.4 Å². The van der Waals surface area contributed by atoms with Crippen LogP contribution in [-0.4, -0.2) is 33.6 Å². The minimum absolute atomic E-state index is 0.367. The van der Waals surface area contributed by atoms with Gasteiger partial charge in [-0.1, -0.05) is 11.6 Å². The predicted octanol–water partition coefficient (Wildman–Crippen LogP) is 4.18. The van der Waals surface area contributed by atoms with Gasteiger partial charge in [-0.05, 0) is 30.4 Å². The lowest BCUT2D eigenvalue weighted by Gasteiger charge is -2.16. The summed E-state index contributed by atoms with van der Waals surface area (Å²) in [6.07, 6.45) is 0. The van der Waals surface area contributed by atoms with Crippen molar-refractivity contribution in [1.29, 1.82) is 0 Å². The van der Waals surface area contributed by atoms with Crippen LogP contribution in [0.15, 0.2) is 30.3 Å². The molecular formula is C17H19ClN2O4S. The third-order valence-corrected chi connectivity index (χ3v) is 3.86. The van der Waals surface area contributed by atoms with E-state index in [4.69, 9.17) is 42.8 Å². The number of methoxy groups -OCH3 is 4. The topological polar surface area (TPSA) is 61.0 Å². The van der Waals surface area contributed by atoms with E-state index >= 15 is 0 Å². The Balaban J connectivity index is 2.16. The zero-order chi connectivity index (χ0) is 18.4. The summed E-state index contributed by atoms with van der Waals surface area (Å²) in [6.45, 7) is 0. The number of hydrogen-bond donors (Lipinski definition) is 2. The van der Waals surface area contributed by atoms with E-state index in [-0.39, 0.29) is 0 Å². The number of halogens is 1. The summed E-state index contributed by atoms with van der Waals surface area (Å²) in [5, 5.41) is 6.93. The number of hydrogen-bond acceptors (Lipinski definition) is 5. The molecule has 0 atom stereocenters. The fourth-order valence-electron chi connectivity index (χ4n) is 2.16. The smallest absolute Gasteiger partial charge is 0.175 e. The van der Waals surface area contributed by atoms with E-state index in [9.17, 15) is 0 Å². The fraction of sp³-hybridized carbons (Fsp3) is 0.235. The molecule has 2 aromatic carbocycles. The summed E-state index contributed by atoms with van der Waals surface area (Å²) >= 11 is 11.5. The van der Waals surface area contributed by atoms with E-state index < -0.39 is 0 Å². The number of rotatable bonds is 6. The van der Waals surface area contributed by atoms with Gasteiger partial charge in [0, 0.05) is 17.8 Å². The van der Waals surface area contributed by atoms with Gasteiger partial charge in [0.05, 0.1) is 39.1 Å². The average Bonchev–Trinajstić information content (AvgIpc) is 2.61. The SMILES string of the molecule is COc1cc(OC)c(NC(=S)Nc2ccc(OC)c(OC)c2)cc1Cl. The van der Waals surface area contributed by atoms with Crippen LogP contribution < -0.4 is 29.6 Å². The fourth-order valence-corrected chi connectivity index (χ4v) is 2.62. The Morgan fingerprint density at radius 3 is 2.04 bits per heavy atom. The Morgan fingerprint density at radius 1 is 0.800 bits per heavy atom. The second-order valence-electron chi connectivity index (χ2n) is 4.84. The summed E-state index contributed by atoms with van der Waals surface area (Å²) in [6, 6.07) is 8.76. The van der Waals surface area contributed by atoms with Crippen molar-refractivity contribution in [1.82, 2.24) is 0 Å². The lowest BCUT2D eigenvalue weighted by molar-refractivity contribution is 0.355. The largest absolute Gasteiger partial charge is 0.495 e. The number of nitrogens with one attached hydrogen (secondary N) is 2. The molecule has 134 valence electrons. The molecule has 2 rings (SSSR count). The summed E-state index contributed by atoms with van der Waals surface area (Å²) in [4.78, 5) is 0. The number of anilines is 2. The van der Waals surface area contributed by atoms with Crippen LogP contribution in [0.1, 0.15) is 0 Å². The highest BCUT2D eigenvalue weighted by atomic mass is 35.5. The van der Waals surface area contributed by atoms with Gasteiger partial charge in [-0.3, -0.25) is 0 Å². The van der Waals surface area contributed by atoms with Crippen LogP contribution in [0.2, 0.25) is 5.02 Å². The van der Waals surface area contributed by atoms with E-state index in [1.165, 1.54) is 7.11 Å². The van der Waals surface area contributed by atoms with Crippen LogP contribution in [0, 0.1) is 0 Å². The summed E-state index contributed by atoms with van der Waals surface area (Å²) in [5.41, 5.74) is 1.36. The van der Waals surface area contributed by atoms with Crippen LogP contribution in [0.4, 0.5) is 11.4 Å². The zero-order valence-corrected chi connectivity index (χ0v) is 15.9.